The van der Waals surface area contributed by atoms with Crippen LogP contribution in [0.15, 0.2) is 24.3 Å². The number of rotatable bonds is 9. The maximum Gasteiger partial charge on any atom is 0.252 e. The number of hydrogen-bond donors (Lipinski definition) is 3. The summed E-state index contributed by atoms with van der Waals surface area (Å²) in [4.78, 5) is 24.9. The molecular formula is C22H33N3O3S2. The number of amides is 2. The lowest BCUT2D eigenvalue weighted by Gasteiger charge is -2.30. The Kier molecular flexibility index (Phi) is 9.21. The van der Waals surface area contributed by atoms with Gasteiger partial charge in [0.05, 0.1) is 7.11 Å². The third kappa shape index (κ3) is 6.82. The third-order valence-electron chi connectivity index (χ3n) is 5.79. The smallest absolute Gasteiger partial charge is 0.252 e. The van der Waals surface area contributed by atoms with Crippen LogP contribution in [0, 0.1) is 5.92 Å². The van der Waals surface area contributed by atoms with Gasteiger partial charge in [-0.25, -0.2) is 0 Å². The monoisotopic (exact) mass is 451 g/mol. The molecule has 1 aromatic carbocycles. The molecule has 1 saturated carbocycles. The fraction of sp³-hybridized carbons (Fsp3) is 0.636. The number of thioether (sulfide) groups is 1. The largest absolute Gasteiger partial charge is 0.497 e. The Labute approximate surface area is 188 Å². The molecule has 3 N–H and O–H groups in total. The van der Waals surface area contributed by atoms with Crippen molar-refractivity contribution in [2.75, 3.05) is 19.4 Å². The van der Waals surface area contributed by atoms with E-state index in [0.717, 1.165) is 24.5 Å². The van der Waals surface area contributed by atoms with Gasteiger partial charge in [0.25, 0.3) is 5.91 Å². The van der Waals surface area contributed by atoms with E-state index >= 15 is 0 Å². The Hall–Kier alpha value is -1.38. The topological polar surface area (TPSA) is 79.5 Å². The molecule has 6 nitrogen and oxygen atoms in total. The molecule has 2 amide bonds. The van der Waals surface area contributed by atoms with E-state index in [-0.39, 0.29) is 17.2 Å². The van der Waals surface area contributed by atoms with Crippen molar-refractivity contribution in [3.05, 3.63) is 29.8 Å². The molecule has 2 aliphatic rings. The Morgan fingerprint density at radius 1 is 1.23 bits per heavy atom. The average molecular weight is 452 g/mol. The lowest BCUT2D eigenvalue weighted by atomic mass is 9.85. The number of carbonyl (C=O) groups is 2. The summed E-state index contributed by atoms with van der Waals surface area (Å²) >= 11 is 3.10. The van der Waals surface area contributed by atoms with Crippen LogP contribution in [-0.4, -0.2) is 47.9 Å². The first-order valence-electron chi connectivity index (χ1n) is 10.8. The number of benzene rings is 1. The van der Waals surface area contributed by atoms with Crippen LogP contribution in [0.3, 0.4) is 0 Å². The van der Waals surface area contributed by atoms with Crippen molar-refractivity contribution < 1.29 is 14.3 Å². The molecule has 0 spiro atoms. The molecule has 8 heteroatoms. The van der Waals surface area contributed by atoms with Gasteiger partial charge in [-0.1, -0.05) is 31.4 Å². The highest BCUT2D eigenvalue weighted by atomic mass is 32.2. The lowest BCUT2D eigenvalue weighted by molar-refractivity contribution is -0.127. The first kappa shape index (κ1) is 23.3. The normalized spacial score (nSPS) is 21.6. The van der Waals surface area contributed by atoms with Crippen molar-refractivity contribution in [1.29, 1.82) is 0 Å². The summed E-state index contributed by atoms with van der Waals surface area (Å²) in [5, 5.41) is 6.03. The molecule has 1 aliphatic carbocycles. The van der Waals surface area contributed by atoms with Gasteiger partial charge < -0.3 is 10.1 Å². The zero-order valence-corrected chi connectivity index (χ0v) is 19.4. The predicted molar refractivity (Wildman–Crippen MR) is 125 cm³/mol. The van der Waals surface area contributed by atoms with Crippen molar-refractivity contribution in [2.24, 2.45) is 5.92 Å². The minimum absolute atomic E-state index is 0.118. The fourth-order valence-electron chi connectivity index (χ4n) is 3.98. The molecule has 166 valence electrons. The van der Waals surface area contributed by atoms with Gasteiger partial charge in [0.1, 0.15) is 17.2 Å². The summed E-state index contributed by atoms with van der Waals surface area (Å²) < 4.78 is 8.29. The van der Waals surface area contributed by atoms with E-state index < -0.39 is 6.04 Å². The van der Waals surface area contributed by atoms with E-state index in [9.17, 15) is 9.59 Å². The second-order valence-electron chi connectivity index (χ2n) is 8.01. The van der Waals surface area contributed by atoms with Crippen LogP contribution >= 0.6 is 23.7 Å². The molecule has 1 aliphatic heterocycles. The van der Waals surface area contributed by atoms with Crippen molar-refractivity contribution in [1.82, 2.24) is 15.4 Å². The number of hydrogen-bond acceptors (Lipinski definition) is 6. The Balaban J connectivity index is 1.54. The van der Waals surface area contributed by atoms with Gasteiger partial charge in [-0.2, -0.15) is 0 Å². The van der Waals surface area contributed by atoms with Gasteiger partial charge in [0, 0.05) is 17.5 Å². The molecule has 0 radical (unpaired) electrons. The van der Waals surface area contributed by atoms with Crippen LogP contribution in [0.2, 0.25) is 0 Å². The van der Waals surface area contributed by atoms with E-state index in [0.29, 0.717) is 11.2 Å². The van der Waals surface area contributed by atoms with E-state index in [2.05, 4.69) is 27.5 Å². The highest BCUT2D eigenvalue weighted by Gasteiger charge is 2.28. The first-order valence-corrected chi connectivity index (χ1v) is 12.7. The zero-order valence-electron chi connectivity index (χ0n) is 17.8. The van der Waals surface area contributed by atoms with E-state index in [1.165, 1.54) is 49.6 Å². The molecule has 1 aromatic rings. The second-order valence-corrected chi connectivity index (χ2v) is 10.3. The maximum atomic E-state index is 12.6. The number of methoxy groups -OCH3 is 1. The standard InChI is InChI=1S/C22H33N3O3S2/c1-15(24-21(27)22-23-12-13-29-22)20(26)25-30-19(17-6-4-3-5-7-17)14-16-8-10-18(28-2)11-9-16/h8-11,15,17,19,22-23H,3-7,12-14H2,1-2H3,(H,24,27)(H,25,26)/t15-,19?,22+/m1/s1. The van der Waals surface area contributed by atoms with Crippen molar-refractivity contribution >= 4 is 35.5 Å². The summed E-state index contributed by atoms with van der Waals surface area (Å²) in [7, 11) is 1.67. The SMILES string of the molecule is COc1ccc(CC(SNC(=O)[C@@H](C)NC(=O)[C@H]2NCCS2)C2CCCCC2)cc1. The van der Waals surface area contributed by atoms with Crippen LogP contribution in [0.25, 0.3) is 0 Å². The van der Waals surface area contributed by atoms with Crippen molar-refractivity contribution in [2.45, 2.75) is 62.1 Å². The second kappa shape index (κ2) is 11.9. The minimum atomic E-state index is -0.555. The highest BCUT2D eigenvalue weighted by Crippen LogP contribution is 2.34. The van der Waals surface area contributed by atoms with Crippen molar-refractivity contribution in [3.8, 4) is 5.75 Å². The first-order chi connectivity index (χ1) is 14.6. The summed E-state index contributed by atoms with van der Waals surface area (Å²) in [5.74, 6) is 2.10. The molecular weight excluding hydrogens is 418 g/mol. The molecule has 3 rings (SSSR count). The molecule has 2 fully saturated rings. The average Bonchev–Trinajstić information content (AvgIpc) is 3.32. The van der Waals surface area contributed by atoms with Gasteiger partial charge in [-0.05, 0) is 61.7 Å². The summed E-state index contributed by atoms with van der Waals surface area (Å²) in [5.41, 5.74) is 1.25. The molecule has 1 unspecified atom stereocenters. The molecule has 0 aromatic heterocycles. The number of ether oxygens (including phenoxy) is 1. The quantitative estimate of drug-likeness (QED) is 0.501. The molecule has 30 heavy (non-hydrogen) atoms. The van der Waals surface area contributed by atoms with E-state index in [1.807, 2.05) is 12.1 Å². The van der Waals surface area contributed by atoms with Crippen LogP contribution in [0.4, 0.5) is 0 Å². The predicted octanol–water partition coefficient (Wildman–Crippen LogP) is 3.12. The maximum absolute atomic E-state index is 12.6. The molecule has 0 bridgehead atoms. The van der Waals surface area contributed by atoms with Gasteiger partial charge in [-0.3, -0.25) is 19.6 Å². The van der Waals surface area contributed by atoms with E-state index in [1.54, 1.807) is 25.8 Å². The molecule has 1 saturated heterocycles. The number of carbonyl (C=O) groups excluding carboxylic acids is 2. The van der Waals surface area contributed by atoms with Crippen molar-refractivity contribution in [3.63, 3.8) is 0 Å². The van der Waals surface area contributed by atoms with Crippen LogP contribution < -0.4 is 20.1 Å². The van der Waals surface area contributed by atoms with Gasteiger partial charge in [0.15, 0.2) is 0 Å². The Morgan fingerprint density at radius 3 is 2.60 bits per heavy atom. The molecule has 3 atom stereocenters. The Bertz CT molecular complexity index is 689. The van der Waals surface area contributed by atoms with Gasteiger partial charge in [0.2, 0.25) is 5.91 Å². The zero-order chi connectivity index (χ0) is 21.3. The van der Waals surface area contributed by atoms with E-state index in [4.69, 9.17) is 4.74 Å². The van der Waals surface area contributed by atoms with Crippen LogP contribution in [0.5, 0.6) is 5.75 Å². The highest BCUT2D eigenvalue weighted by molar-refractivity contribution is 8.00. The third-order valence-corrected chi connectivity index (χ3v) is 8.12. The summed E-state index contributed by atoms with van der Waals surface area (Å²) in [6.45, 7) is 2.57. The Morgan fingerprint density at radius 2 is 1.97 bits per heavy atom. The van der Waals surface area contributed by atoms with Gasteiger partial charge >= 0.3 is 0 Å². The summed E-state index contributed by atoms with van der Waals surface area (Å²) in [6.07, 6.45) is 7.15. The summed E-state index contributed by atoms with van der Waals surface area (Å²) in [6, 6.07) is 7.63. The van der Waals surface area contributed by atoms with Crippen LogP contribution in [0.1, 0.15) is 44.6 Å². The fourth-order valence-corrected chi connectivity index (χ4v) is 6.09. The van der Waals surface area contributed by atoms with Gasteiger partial charge in [-0.15, -0.1) is 11.8 Å². The minimum Gasteiger partial charge on any atom is -0.497 e. The molecule has 1 heterocycles. The number of nitrogens with one attached hydrogen (secondary N) is 3. The van der Waals surface area contributed by atoms with Crippen LogP contribution in [-0.2, 0) is 16.0 Å². The lowest BCUT2D eigenvalue weighted by Crippen LogP contribution is -2.48.